The number of carboxylic acids is 1. The molecule has 0 spiro atoms. The van der Waals surface area contributed by atoms with Gasteiger partial charge in [-0.05, 0) is 6.07 Å². The second kappa shape index (κ2) is 3.91. The number of nitrogens with one attached hydrogen (secondary N) is 1. The molecule has 0 aliphatic heterocycles. The van der Waals surface area contributed by atoms with Crippen molar-refractivity contribution in [2.75, 3.05) is 5.75 Å². The Labute approximate surface area is 71.8 Å². The zero-order valence-electron chi connectivity index (χ0n) is 5.98. The third-order valence-corrected chi connectivity index (χ3v) is 1.91. The minimum atomic E-state index is -0.909. The molecular formula is C6H6N2O3S. The molecule has 64 valence electrons. The van der Waals surface area contributed by atoms with Crippen molar-refractivity contribution in [3.8, 4) is 0 Å². The Morgan fingerprint density at radius 1 is 1.67 bits per heavy atom. The van der Waals surface area contributed by atoms with Crippen LogP contribution in [0.5, 0.6) is 0 Å². The molecule has 0 aromatic carbocycles. The summed E-state index contributed by atoms with van der Waals surface area (Å²) in [5.74, 6) is -0.966. The summed E-state index contributed by atoms with van der Waals surface area (Å²) in [6, 6.07) is 2.78. The molecule has 1 aromatic heterocycles. The molecule has 2 N–H and O–H groups in total. The van der Waals surface area contributed by atoms with E-state index in [1.807, 2.05) is 0 Å². The second-order valence-corrected chi connectivity index (χ2v) is 2.94. The minimum Gasteiger partial charge on any atom is -0.481 e. The largest absolute Gasteiger partial charge is 0.481 e. The molecule has 5 nitrogen and oxygen atoms in total. The molecule has 12 heavy (non-hydrogen) atoms. The van der Waals surface area contributed by atoms with Crippen molar-refractivity contribution in [2.45, 2.75) is 5.03 Å². The van der Waals surface area contributed by atoms with Gasteiger partial charge in [0.05, 0.1) is 5.75 Å². The van der Waals surface area contributed by atoms with Gasteiger partial charge in [0.25, 0.3) is 5.56 Å². The topological polar surface area (TPSA) is 83.0 Å². The molecule has 0 fully saturated rings. The standard InChI is InChI=1S/C6H6N2O3S/c9-4-1-2-5(8-7-4)12-3-6(10)11/h1-2H,3H2,(H,7,9)(H,10,11). The number of carboxylic acid groups (broad SMARTS) is 1. The monoisotopic (exact) mass is 186 g/mol. The summed E-state index contributed by atoms with van der Waals surface area (Å²) >= 11 is 1.06. The third-order valence-electron chi connectivity index (χ3n) is 0.997. The lowest BCUT2D eigenvalue weighted by Gasteiger charge is -1.93. The van der Waals surface area contributed by atoms with E-state index in [4.69, 9.17) is 5.11 Å². The zero-order chi connectivity index (χ0) is 8.97. The van der Waals surface area contributed by atoms with E-state index in [-0.39, 0.29) is 11.3 Å². The van der Waals surface area contributed by atoms with Crippen molar-refractivity contribution in [1.82, 2.24) is 10.2 Å². The number of hydrogen-bond donors (Lipinski definition) is 2. The lowest BCUT2D eigenvalue weighted by molar-refractivity contribution is -0.133. The predicted octanol–water partition coefficient (Wildman–Crippen LogP) is -0.0534. The number of aromatic amines is 1. The number of H-pyrrole nitrogens is 1. The number of carbonyl (C=O) groups is 1. The number of hydrogen-bond acceptors (Lipinski definition) is 4. The maximum atomic E-state index is 10.5. The quantitative estimate of drug-likeness (QED) is 0.646. The van der Waals surface area contributed by atoms with Gasteiger partial charge in [-0.3, -0.25) is 9.59 Å². The van der Waals surface area contributed by atoms with E-state index in [1.165, 1.54) is 12.1 Å². The Morgan fingerprint density at radius 2 is 2.42 bits per heavy atom. The first kappa shape index (κ1) is 8.79. The van der Waals surface area contributed by atoms with Crippen molar-refractivity contribution >= 4 is 17.7 Å². The molecule has 0 unspecified atom stereocenters. The number of rotatable bonds is 3. The normalized spacial score (nSPS) is 9.67. The van der Waals surface area contributed by atoms with Crippen LogP contribution in [0.4, 0.5) is 0 Å². The van der Waals surface area contributed by atoms with Crippen molar-refractivity contribution in [3.63, 3.8) is 0 Å². The molecule has 0 atom stereocenters. The molecule has 6 heteroatoms. The molecule has 0 aliphatic rings. The average Bonchev–Trinajstić information content (AvgIpc) is 2.03. The first-order valence-corrected chi connectivity index (χ1v) is 4.07. The van der Waals surface area contributed by atoms with Crippen LogP contribution in [0.3, 0.4) is 0 Å². The zero-order valence-corrected chi connectivity index (χ0v) is 6.80. The van der Waals surface area contributed by atoms with Gasteiger partial charge in [0, 0.05) is 6.07 Å². The number of aromatic nitrogens is 2. The van der Waals surface area contributed by atoms with Gasteiger partial charge in [0.15, 0.2) is 0 Å². The molecule has 0 amide bonds. The lowest BCUT2D eigenvalue weighted by atomic mass is 10.6. The summed E-state index contributed by atoms with van der Waals surface area (Å²) in [6.07, 6.45) is 0. The molecule has 0 aliphatic carbocycles. The van der Waals surface area contributed by atoms with E-state index in [9.17, 15) is 9.59 Å². The summed E-state index contributed by atoms with van der Waals surface area (Å²) in [7, 11) is 0. The van der Waals surface area contributed by atoms with E-state index in [1.54, 1.807) is 0 Å². The Morgan fingerprint density at radius 3 is 2.92 bits per heavy atom. The van der Waals surface area contributed by atoms with Gasteiger partial charge in [0.2, 0.25) is 0 Å². The van der Waals surface area contributed by atoms with Gasteiger partial charge in [-0.1, -0.05) is 11.8 Å². The summed E-state index contributed by atoms with van der Waals surface area (Å²) in [6.45, 7) is 0. The van der Waals surface area contributed by atoms with Crippen LogP contribution < -0.4 is 5.56 Å². The van der Waals surface area contributed by atoms with Gasteiger partial charge in [-0.2, -0.15) is 5.10 Å². The first-order valence-electron chi connectivity index (χ1n) is 3.09. The number of thioether (sulfide) groups is 1. The van der Waals surface area contributed by atoms with Crippen molar-refractivity contribution in [3.05, 3.63) is 22.5 Å². The highest BCUT2D eigenvalue weighted by Gasteiger charge is 1.99. The smallest absolute Gasteiger partial charge is 0.313 e. The maximum Gasteiger partial charge on any atom is 0.313 e. The van der Waals surface area contributed by atoms with Crippen LogP contribution in [-0.2, 0) is 4.79 Å². The van der Waals surface area contributed by atoms with E-state index < -0.39 is 5.97 Å². The highest BCUT2D eigenvalue weighted by atomic mass is 32.2. The fraction of sp³-hybridized carbons (Fsp3) is 0.167. The fourth-order valence-electron chi connectivity index (χ4n) is 0.548. The van der Waals surface area contributed by atoms with Crippen molar-refractivity contribution < 1.29 is 9.90 Å². The van der Waals surface area contributed by atoms with E-state index in [2.05, 4.69) is 10.2 Å². The number of aliphatic carboxylic acids is 1. The second-order valence-electron chi connectivity index (χ2n) is 1.94. The van der Waals surface area contributed by atoms with Crippen molar-refractivity contribution in [1.29, 1.82) is 0 Å². The molecular weight excluding hydrogens is 180 g/mol. The minimum absolute atomic E-state index is 0.0565. The van der Waals surface area contributed by atoms with Gasteiger partial charge < -0.3 is 5.11 Å². The van der Waals surface area contributed by atoms with E-state index >= 15 is 0 Å². The number of nitrogens with zero attached hydrogens (tertiary/aromatic N) is 1. The Balaban J connectivity index is 2.59. The summed E-state index contributed by atoms with van der Waals surface area (Å²) in [4.78, 5) is 20.6. The molecule has 1 heterocycles. The van der Waals surface area contributed by atoms with Crippen LogP contribution >= 0.6 is 11.8 Å². The molecule has 0 saturated heterocycles. The van der Waals surface area contributed by atoms with Gasteiger partial charge in [0.1, 0.15) is 5.03 Å². The van der Waals surface area contributed by atoms with Crippen molar-refractivity contribution in [2.24, 2.45) is 0 Å². The highest BCUT2D eigenvalue weighted by Crippen LogP contribution is 2.11. The summed E-state index contributed by atoms with van der Waals surface area (Å²) < 4.78 is 0. The third kappa shape index (κ3) is 2.75. The highest BCUT2D eigenvalue weighted by molar-refractivity contribution is 7.99. The van der Waals surface area contributed by atoms with Crippen LogP contribution in [0.2, 0.25) is 0 Å². The van der Waals surface area contributed by atoms with Gasteiger partial charge in [-0.25, -0.2) is 5.10 Å². The van der Waals surface area contributed by atoms with Crippen LogP contribution in [0, 0.1) is 0 Å². The Kier molecular flexibility index (Phi) is 2.87. The van der Waals surface area contributed by atoms with E-state index in [0.29, 0.717) is 5.03 Å². The molecule has 0 saturated carbocycles. The van der Waals surface area contributed by atoms with Crippen LogP contribution in [0.25, 0.3) is 0 Å². The molecule has 0 bridgehead atoms. The maximum absolute atomic E-state index is 10.5. The summed E-state index contributed by atoms with van der Waals surface area (Å²) in [5, 5.41) is 14.6. The Hall–Kier alpha value is -1.30. The first-order chi connectivity index (χ1) is 5.68. The van der Waals surface area contributed by atoms with Crippen LogP contribution in [-0.4, -0.2) is 27.0 Å². The molecule has 1 aromatic rings. The average molecular weight is 186 g/mol. The van der Waals surface area contributed by atoms with Gasteiger partial charge >= 0.3 is 5.97 Å². The fourth-order valence-corrected chi connectivity index (χ4v) is 1.09. The Bertz CT molecular complexity index is 315. The van der Waals surface area contributed by atoms with Crippen LogP contribution in [0.15, 0.2) is 22.0 Å². The predicted molar refractivity (Wildman–Crippen MR) is 43.2 cm³/mol. The van der Waals surface area contributed by atoms with Gasteiger partial charge in [-0.15, -0.1) is 0 Å². The summed E-state index contributed by atoms with van der Waals surface area (Å²) in [5.41, 5.74) is -0.297. The lowest BCUT2D eigenvalue weighted by Crippen LogP contribution is -2.06. The van der Waals surface area contributed by atoms with E-state index in [0.717, 1.165) is 11.8 Å². The molecule has 0 radical (unpaired) electrons. The molecule has 1 rings (SSSR count). The van der Waals surface area contributed by atoms with Crippen LogP contribution in [0.1, 0.15) is 0 Å². The SMILES string of the molecule is O=C(O)CSc1ccc(=O)[nH]n1.